The van der Waals surface area contributed by atoms with Crippen LogP contribution in [0, 0.1) is 30.1 Å². The fraction of sp³-hybridized carbons (Fsp3) is 0.615. The average Bonchev–Trinajstić information content (AvgIpc) is 2.86. The first-order chi connectivity index (χ1) is 17.5. The number of hydrogen-bond acceptors (Lipinski definition) is 5. The van der Waals surface area contributed by atoms with Gasteiger partial charge in [0.05, 0.1) is 12.0 Å². The lowest BCUT2D eigenvalue weighted by Crippen LogP contribution is -2.70. The molecule has 3 heterocycles. The van der Waals surface area contributed by atoms with Gasteiger partial charge in [0.15, 0.2) is 0 Å². The van der Waals surface area contributed by atoms with E-state index < -0.39 is 60.2 Å². The summed E-state index contributed by atoms with van der Waals surface area (Å²) in [5.41, 5.74) is 1.38. The third kappa shape index (κ3) is 5.52. The Hall–Kier alpha value is -2.93. The number of anilines is 1. The van der Waals surface area contributed by atoms with Crippen molar-refractivity contribution in [3.8, 4) is 6.07 Å². The van der Waals surface area contributed by atoms with Gasteiger partial charge in [0.2, 0.25) is 17.7 Å². The lowest BCUT2D eigenvalue weighted by Gasteiger charge is -2.54. The second kappa shape index (κ2) is 10.8. The molecule has 3 saturated heterocycles. The third-order valence-corrected chi connectivity index (χ3v) is 8.27. The van der Waals surface area contributed by atoms with Crippen LogP contribution in [0.3, 0.4) is 0 Å². The van der Waals surface area contributed by atoms with Gasteiger partial charge in [-0.15, -0.1) is 0 Å². The Morgan fingerprint density at radius 1 is 1.32 bits per heavy atom. The van der Waals surface area contributed by atoms with E-state index in [0.717, 1.165) is 12.0 Å². The highest BCUT2D eigenvalue weighted by Crippen LogP contribution is 2.49. The standard InChI is InChI=1S/C26H32ClF2N5O3/c1-14-20(27)6-3-7-21(14)32-15(2)25(37)34-18-8-9-19(26(28,29)12-18)22(34)24(36)33-17(13-30)11-16-5-4-10-31-23(16)35/h3,6-7,15-19,22,32H,4-5,8-12H2,1-2H3,(H,31,35)(H,33,36)/t15-,16+,17-,18+,19+,22-/m0/s1. The predicted octanol–water partition coefficient (Wildman–Crippen LogP) is 3.39. The van der Waals surface area contributed by atoms with Gasteiger partial charge in [0.25, 0.3) is 5.92 Å². The van der Waals surface area contributed by atoms with Crippen LogP contribution in [0.5, 0.6) is 0 Å². The van der Waals surface area contributed by atoms with Crippen molar-refractivity contribution in [2.24, 2.45) is 11.8 Å². The molecule has 0 unspecified atom stereocenters. The number of nitrogens with zero attached hydrogens (tertiary/aromatic N) is 2. The van der Waals surface area contributed by atoms with Gasteiger partial charge in [-0.25, -0.2) is 8.78 Å². The van der Waals surface area contributed by atoms with E-state index in [-0.39, 0.29) is 18.7 Å². The second-order valence-corrected chi connectivity index (χ2v) is 10.7. The number of carbonyl (C=O) groups excluding carboxylic acids is 3. The second-order valence-electron chi connectivity index (χ2n) is 10.3. The van der Waals surface area contributed by atoms with Gasteiger partial charge in [-0.1, -0.05) is 17.7 Å². The Bertz CT molecular complexity index is 1110. The van der Waals surface area contributed by atoms with E-state index in [9.17, 15) is 28.4 Å². The summed E-state index contributed by atoms with van der Waals surface area (Å²) in [6.45, 7) is 3.99. The molecule has 3 N–H and O–H groups in total. The van der Waals surface area contributed by atoms with Crippen molar-refractivity contribution in [1.82, 2.24) is 15.5 Å². The lowest BCUT2D eigenvalue weighted by molar-refractivity contribution is -0.194. The molecule has 4 fully saturated rings. The average molecular weight is 536 g/mol. The minimum atomic E-state index is -3.10. The number of hydrogen-bond donors (Lipinski definition) is 3. The summed E-state index contributed by atoms with van der Waals surface area (Å²) >= 11 is 6.19. The van der Waals surface area contributed by atoms with E-state index in [1.807, 2.05) is 6.07 Å². The Labute approximate surface area is 220 Å². The minimum Gasteiger partial charge on any atom is -0.374 e. The lowest BCUT2D eigenvalue weighted by atomic mass is 9.71. The molecule has 3 amide bonds. The molecule has 4 aliphatic rings. The van der Waals surface area contributed by atoms with Crippen molar-refractivity contribution in [1.29, 1.82) is 5.26 Å². The van der Waals surface area contributed by atoms with Crippen LogP contribution in [0.2, 0.25) is 5.02 Å². The molecule has 0 radical (unpaired) electrons. The summed E-state index contributed by atoms with van der Waals surface area (Å²) in [5, 5.41) is 18.6. The van der Waals surface area contributed by atoms with Gasteiger partial charge in [0.1, 0.15) is 18.1 Å². The molecule has 0 aromatic heterocycles. The van der Waals surface area contributed by atoms with Crippen molar-refractivity contribution in [2.45, 2.75) is 82.5 Å². The number of benzene rings is 1. The zero-order chi connectivity index (χ0) is 26.9. The molecule has 2 bridgehead atoms. The van der Waals surface area contributed by atoms with Crippen LogP contribution >= 0.6 is 11.6 Å². The quantitative estimate of drug-likeness (QED) is 0.495. The number of alkyl halides is 2. The van der Waals surface area contributed by atoms with E-state index >= 15 is 0 Å². The number of amides is 3. The molecule has 200 valence electrons. The topological polar surface area (TPSA) is 114 Å². The first-order valence-electron chi connectivity index (χ1n) is 12.7. The molecule has 5 rings (SSSR count). The SMILES string of the molecule is Cc1c(Cl)cccc1N[C@@H](C)C(=O)N1[C@@H]2CC[C@H]([C@H]1C(=O)N[C@H](C#N)C[C@H]1CCCNC1=O)C(F)(F)C2. The Morgan fingerprint density at radius 2 is 2.08 bits per heavy atom. The first-order valence-corrected chi connectivity index (χ1v) is 13.1. The number of rotatable bonds is 7. The Morgan fingerprint density at radius 3 is 2.76 bits per heavy atom. The maximum atomic E-state index is 15.0. The van der Waals surface area contributed by atoms with Crippen LogP contribution < -0.4 is 16.0 Å². The van der Waals surface area contributed by atoms with Crippen LogP contribution in [0.4, 0.5) is 14.5 Å². The van der Waals surface area contributed by atoms with E-state index in [1.54, 1.807) is 32.0 Å². The molecular weight excluding hydrogens is 504 g/mol. The van der Waals surface area contributed by atoms with E-state index in [1.165, 1.54) is 4.90 Å². The largest absolute Gasteiger partial charge is 0.374 e. The van der Waals surface area contributed by atoms with Crippen molar-refractivity contribution < 1.29 is 23.2 Å². The smallest absolute Gasteiger partial charge is 0.255 e. The van der Waals surface area contributed by atoms with Gasteiger partial charge in [-0.05, 0) is 63.6 Å². The van der Waals surface area contributed by atoms with Crippen molar-refractivity contribution in [3.05, 3.63) is 28.8 Å². The molecule has 8 nitrogen and oxygen atoms in total. The number of carbonyl (C=O) groups is 3. The monoisotopic (exact) mass is 535 g/mol. The fourth-order valence-electron chi connectivity index (χ4n) is 5.85. The number of halogens is 3. The summed E-state index contributed by atoms with van der Waals surface area (Å²) < 4.78 is 29.9. The van der Waals surface area contributed by atoms with E-state index in [0.29, 0.717) is 30.1 Å². The highest BCUT2D eigenvalue weighted by atomic mass is 35.5. The first kappa shape index (κ1) is 27.1. The maximum absolute atomic E-state index is 15.0. The molecule has 1 aliphatic carbocycles. The highest BCUT2D eigenvalue weighted by Gasteiger charge is 2.60. The van der Waals surface area contributed by atoms with Crippen LogP contribution in [0.1, 0.15) is 51.0 Å². The van der Waals surface area contributed by atoms with Crippen LogP contribution in [0.25, 0.3) is 0 Å². The van der Waals surface area contributed by atoms with Crippen molar-refractivity contribution in [3.63, 3.8) is 0 Å². The maximum Gasteiger partial charge on any atom is 0.255 e. The van der Waals surface area contributed by atoms with Gasteiger partial charge < -0.3 is 20.9 Å². The van der Waals surface area contributed by atoms with Crippen LogP contribution in [-0.4, -0.2) is 59.3 Å². The normalized spacial score (nSPS) is 28.0. The van der Waals surface area contributed by atoms with Crippen molar-refractivity contribution >= 4 is 35.0 Å². The number of nitrogens with one attached hydrogen (secondary N) is 3. The summed E-state index contributed by atoms with van der Waals surface area (Å²) in [6, 6.07) is 3.18. The van der Waals surface area contributed by atoms with Gasteiger partial charge in [-0.2, -0.15) is 5.26 Å². The fourth-order valence-corrected chi connectivity index (χ4v) is 6.03. The van der Waals surface area contributed by atoms with Crippen molar-refractivity contribution in [2.75, 3.05) is 11.9 Å². The number of fused-ring (bicyclic) bond motifs is 3. The zero-order valence-electron chi connectivity index (χ0n) is 20.9. The van der Waals surface area contributed by atoms with Crippen LogP contribution in [-0.2, 0) is 14.4 Å². The molecule has 1 aromatic rings. The van der Waals surface area contributed by atoms with Gasteiger partial charge >= 0.3 is 0 Å². The zero-order valence-corrected chi connectivity index (χ0v) is 21.7. The number of piperidine rings is 3. The third-order valence-electron chi connectivity index (χ3n) is 7.86. The number of nitriles is 1. The summed E-state index contributed by atoms with van der Waals surface area (Å²) in [4.78, 5) is 40.5. The van der Waals surface area contributed by atoms with Gasteiger partial charge in [-0.3, -0.25) is 14.4 Å². The minimum absolute atomic E-state index is 0.0885. The van der Waals surface area contributed by atoms with E-state index in [2.05, 4.69) is 16.0 Å². The molecular formula is C26H32ClF2N5O3. The summed E-state index contributed by atoms with van der Waals surface area (Å²) in [7, 11) is 0. The molecule has 37 heavy (non-hydrogen) atoms. The molecule has 1 saturated carbocycles. The molecule has 1 aromatic carbocycles. The Kier molecular flexibility index (Phi) is 7.93. The molecule has 11 heteroatoms. The Balaban J connectivity index is 1.54. The summed E-state index contributed by atoms with van der Waals surface area (Å²) in [6.07, 6.45) is 1.42. The molecule has 6 atom stereocenters. The highest BCUT2D eigenvalue weighted by molar-refractivity contribution is 6.31. The summed E-state index contributed by atoms with van der Waals surface area (Å²) in [5.74, 6) is -6.32. The van der Waals surface area contributed by atoms with Crippen LogP contribution in [0.15, 0.2) is 18.2 Å². The molecule has 0 spiro atoms. The van der Waals surface area contributed by atoms with E-state index in [4.69, 9.17) is 11.6 Å². The predicted molar refractivity (Wildman–Crippen MR) is 134 cm³/mol. The van der Waals surface area contributed by atoms with Gasteiger partial charge in [0, 0.05) is 35.6 Å². The molecule has 3 aliphatic heterocycles.